The third-order valence-electron chi connectivity index (χ3n) is 1.76. The molecule has 1 atom stereocenters. The minimum absolute atomic E-state index is 0.0273. The Kier molecular flexibility index (Phi) is 3.71. The van der Waals surface area contributed by atoms with Gasteiger partial charge in [-0.25, -0.2) is 9.97 Å². The highest BCUT2D eigenvalue weighted by Gasteiger charge is 2.38. The van der Waals surface area contributed by atoms with Crippen LogP contribution >= 0.6 is 0 Å². The lowest BCUT2D eigenvalue weighted by Crippen LogP contribution is -2.31. The normalized spacial score (nSPS) is 14.5. The number of rotatable bonds is 3. The second kappa shape index (κ2) is 4.85. The first-order valence-electron chi connectivity index (χ1n) is 4.38. The maximum absolute atomic E-state index is 12.2. The van der Waals surface area contributed by atoms with Gasteiger partial charge < -0.3 is 15.7 Å². The molecule has 17 heavy (non-hydrogen) atoms. The molecule has 1 aromatic rings. The van der Waals surface area contributed by atoms with Gasteiger partial charge >= 0.3 is 6.18 Å². The molecule has 1 heterocycles. The predicted octanol–water partition coefficient (Wildman–Crippen LogP) is 0.901. The van der Waals surface area contributed by atoms with Crippen LogP contribution in [0.5, 0.6) is 5.88 Å². The van der Waals surface area contributed by atoms with E-state index < -0.39 is 12.3 Å². The van der Waals surface area contributed by atoms with Crippen molar-refractivity contribution in [3.63, 3.8) is 0 Å². The van der Waals surface area contributed by atoms with Crippen LogP contribution in [0.25, 0.3) is 0 Å². The molecule has 0 amide bonds. The predicted molar refractivity (Wildman–Crippen MR) is 50.7 cm³/mol. The van der Waals surface area contributed by atoms with E-state index in [1.807, 2.05) is 0 Å². The molecule has 9 heteroatoms. The second-order valence-corrected chi connectivity index (χ2v) is 3.03. The van der Waals surface area contributed by atoms with Crippen molar-refractivity contribution in [2.24, 2.45) is 10.9 Å². The van der Waals surface area contributed by atoms with E-state index in [0.29, 0.717) is 0 Å². The summed E-state index contributed by atoms with van der Waals surface area (Å²) >= 11 is 0. The average Bonchev–Trinajstić information content (AvgIpc) is 2.27. The van der Waals surface area contributed by atoms with Crippen molar-refractivity contribution in [3.05, 3.63) is 18.1 Å². The van der Waals surface area contributed by atoms with Gasteiger partial charge in [0.15, 0.2) is 11.9 Å². The van der Waals surface area contributed by atoms with E-state index in [9.17, 15) is 13.2 Å². The molecule has 0 fully saturated rings. The van der Waals surface area contributed by atoms with Crippen molar-refractivity contribution >= 4 is 5.84 Å². The summed E-state index contributed by atoms with van der Waals surface area (Å²) < 4.78 is 41.0. The monoisotopic (exact) mass is 250 g/mol. The zero-order valence-corrected chi connectivity index (χ0v) is 8.64. The number of amidine groups is 1. The van der Waals surface area contributed by atoms with Gasteiger partial charge in [0.25, 0.3) is 0 Å². The number of alkyl halides is 3. The fourth-order valence-corrected chi connectivity index (χ4v) is 0.808. The molecule has 1 aromatic heterocycles. The van der Waals surface area contributed by atoms with Crippen molar-refractivity contribution in [2.75, 3.05) is 0 Å². The van der Waals surface area contributed by atoms with E-state index in [-0.39, 0.29) is 17.4 Å². The van der Waals surface area contributed by atoms with Crippen molar-refractivity contribution < 1.29 is 23.1 Å². The summed E-state index contributed by atoms with van der Waals surface area (Å²) in [5, 5.41) is 11.0. The van der Waals surface area contributed by atoms with Crippen molar-refractivity contribution in [2.45, 2.75) is 19.2 Å². The van der Waals surface area contributed by atoms with Crippen LogP contribution in [0.3, 0.4) is 0 Å². The van der Waals surface area contributed by atoms with Gasteiger partial charge in [-0.1, -0.05) is 5.16 Å². The summed E-state index contributed by atoms with van der Waals surface area (Å²) in [6.45, 7) is 0.846. The molecule has 6 nitrogen and oxygen atoms in total. The highest BCUT2D eigenvalue weighted by atomic mass is 19.4. The number of oxime groups is 1. The van der Waals surface area contributed by atoms with Crippen molar-refractivity contribution in [1.29, 1.82) is 0 Å². The van der Waals surface area contributed by atoms with E-state index >= 15 is 0 Å². The third kappa shape index (κ3) is 3.47. The summed E-state index contributed by atoms with van der Waals surface area (Å²) in [6, 6.07) is 0. The van der Waals surface area contributed by atoms with Gasteiger partial charge in [0.05, 0.1) is 12.4 Å². The topological polar surface area (TPSA) is 93.6 Å². The van der Waals surface area contributed by atoms with Gasteiger partial charge in [-0.3, -0.25) is 0 Å². The van der Waals surface area contributed by atoms with Gasteiger partial charge in [0, 0.05) is 0 Å². The maximum Gasteiger partial charge on any atom is 0.425 e. The smallest absolute Gasteiger partial charge is 0.425 e. The van der Waals surface area contributed by atoms with Crippen molar-refractivity contribution in [1.82, 2.24) is 9.97 Å². The van der Waals surface area contributed by atoms with E-state index in [0.717, 1.165) is 19.3 Å². The van der Waals surface area contributed by atoms with Crippen LogP contribution in [0.15, 0.2) is 17.5 Å². The molecule has 0 bridgehead atoms. The first-order chi connectivity index (χ1) is 7.84. The minimum Gasteiger partial charge on any atom is -0.464 e. The Morgan fingerprint density at radius 1 is 1.47 bits per heavy atom. The molecule has 0 saturated carbocycles. The lowest BCUT2D eigenvalue weighted by Gasteiger charge is -2.16. The van der Waals surface area contributed by atoms with Gasteiger partial charge in [-0.2, -0.15) is 13.2 Å². The number of nitrogens with zero attached hydrogens (tertiary/aromatic N) is 3. The molecule has 3 N–H and O–H groups in total. The Morgan fingerprint density at radius 2 is 2.12 bits per heavy atom. The fourth-order valence-electron chi connectivity index (χ4n) is 0.808. The van der Waals surface area contributed by atoms with Crippen LogP contribution in [-0.4, -0.2) is 33.3 Å². The first kappa shape index (κ1) is 13.0. The number of ether oxygens (including phenoxy) is 1. The van der Waals surface area contributed by atoms with Gasteiger partial charge in [0.1, 0.15) is 5.69 Å². The average molecular weight is 250 g/mol. The zero-order valence-electron chi connectivity index (χ0n) is 8.64. The fraction of sp³-hybridized carbons (Fsp3) is 0.375. The summed E-state index contributed by atoms with van der Waals surface area (Å²) in [6.07, 6.45) is -4.49. The first-order valence-corrected chi connectivity index (χ1v) is 4.38. The highest BCUT2D eigenvalue weighted by Crippen LogP contribution is 2.23. The third-order valence-corrected chi connectivity index (χ3v) is 1.76. The molecule has 0 aliphatic carbocycles. The van der Waals surface area contributed by atoms with Crippen LogP contribution in [0.1, 0.15) is 12.6 Å². The maximum atomic E-state index is 12.2. The van der Waals surface area contributed by atoms with Crippen LogP contribution < -0.4 is 10.5 Å². The number of aromatic nitrogens is 2. The van der Waals surface area contributed by atoms with E-state index in [1.54, 1.807) is 0 Å². The number of hydrogen-bond acceptors (Lipinski definition) is 5. The second-order valence-electron chi connectivity index (χ2n) is 3.03. The molecule has 0 spiro atoms. The Balaban J connectivity index is 2.76. The molecule has 1 unspecified atom stereocenters. The van der Waals surface area contributed by atoms with Gasteiger partial charge in [-0.15, -0.1) is 0 Å². The van der Waals surface area contributed by atoms with Gasteiger partial charge in [-0.05, 0) is 6.92 Å². The molecular formula is C8H9F3N4O2. The lowest BCUT2D eigenvalue weighted by atomic mass is 10.4. The van der Waals surface area contributed by atoms with Crippen LogP contribution in [0.2, 0.25) is 0 Å². The summed E-state index contributed by atoms with van der Waals surface area (Å²) in [5.74, 6) is -0.600. The Bertz CT molecular complexity index is 404. The quantitative estimate of drug-likeness (QED) is 0.360. The minimum atomic E-state index is -4.48. The molecule has 0 aliphatic heterocycles. The number of halogens is 3. The molecular weight excluding hydrogens is 241 g/mol. The highest BCUT2D eigenvalue weighted by molar-refractivity contribution is 5.94. The van der Waals surface area contributed by atoms with Gasteiger partial charge in [0.2, 0.25) is 5.88 Å². The molecule has 0 aromatic carbocycles. The Morgan fingerprint density at radius 3 is 2.53 bits per heavy atom. The molecule has 0 radical (unpaired) electrons. The largest absolute Gasteiger partial charge is 0.464 e. The van der Waals surface area contributed by atoms with Crippen LogP contribution in [0.4, 0.5) is 13.2 Å². The Hall–Kier alpha value is -2.06. The standard InChI is InChI=1S/C8H9F3N4O2/c1-4(8(9,10)11)17-6-3-13-5(2-14-6)7(12)15-16/h2-4,16H,1H3,(H2,12,15). The SMILES string of the molecule is CC(Oc1cnc(C(N)=NO)cn1)C(F)(F)F. The van der Waals surface area contributed by atoms with E-state index in [2.05, 4.69) is 19.9 Å². The van der Waals surface area contributed by atoms with Crippen LogP contribution in [-0.2, 0) is 0 Å². The molecule has 1 rings (SSSR count). The van der Waals surface area contributed by atoms with Crippen molar-refractivity contribution in [3.8, 4) is 5.88 Å². The summed E-state index contributed by atoms with van der Waals surface area (Å²) in [4.78, 5) is 7.16. The summed E-state index contributed by atoms with van der Waals surface area (Å²) in [5.41, 5.74) is 5.22. The molecule has 0 saturated heterocycles. The molecule has 0 aliphatic rings. The van der Waals surface area contributed by atoms with Crippen LogP contribution in [0, 0.1) is 0 Å². The zero-order chi connectivity index (χ0) is 13.1. The van der Waals surface area contributed by atoms with E-state index in [1.165, 1.54) is 0 Å². The van der Waals surface area contributed by atoms with E-state index in [4.69, 9.17) is 10.9 Å². The molecule has 94 valence electrons. The number of nitrogens with two attached hydrogens (primary N) is 1. The lowest BCUT2D eigenvalue weighted by molar-refractivity contribution is -0.190. The summed E-state index contributed by atoms with van der Waals surface area (Å²) in [7, 11) is 0. The number of hydrogen-bond donors (Lipinski definition) is 2. The Labute approximate surface area is 93.9 Å².